The summed E-state index contributed by atoms with van der Waals surface area (Å²) in [4.78, 5) is 27.1. The summed E-state index contributed by atoms with van der Waals surface area (Å²) in [5.74, 6) is -6.34. The van der Waals surface area contributed by atoms with Gasteiger partial charge in [0.2, 0.25) is 5.88 Å². The van der Waals surface area contributed by atoms with Crippen LogP contribution in [0.4, 0.5) is 17.6 Å². The van der Waals surface area contributed by atoms with Crippen LogP contribution in [0.2, 0.25) is 0 Å². The van der Waals surface area contributed by atoms with E-state index in [1.807, 2.05) is 0 Å². The van der Waals surface area contributed by atoms with Gasteiger partial charge >= 0.3 is 18.3 Å². The van der Waals surface area contributed by atoms with Crippen molar-refractivity contribution in [2.24, 2.45) is 0 Å². The van der Waals surface area contributed by atoms with Crippen molar-refractivity contribution in [2.75, 3.05) is 19.8 Å². The summed E-state index contributed by atoms with van der Waals surface area (Å²) in [7, 11) is 0. The fraction of sp³-hybridized carbons (Fsp3) is 0.562. The maximum absolute atomic E-state index is 12.8. The van der Waals surface area contributed by atoms with Crippen molar-refractivity contribution in [3.63, 3.8) is 0 Å². The van der Waals surface area contributed by atoms with Gasteiger partial charge in [0.15, 0.2) is 6.61 Å². The summed E-state index contributed by atoms with van der Waals surface area (Å²) in [6.07, 6.45) is -2.48. The molecule has 1 saturated heterocycles. The lowest BCUT2D eigenvalue weighted by Crippen LogP contribution is -2.53. The molecule has 1 fully saturated rings. The molecule has 11 heteroatoms. The number of aliphatic carboxylic acids is 1. The maximum Gasteiger partial charge on any atom is 0.340 e. The zero-order chi connectivity index (χ0) is 20.1. The highest BCUT2D eigenvalue weighted by Gasteiger charge is 2.42. The van der Waals surface area contributed by atoms with Gasteiger partial charge < -0.3 is 19.9 Å². The summed E-state index contributed by atoms with van der Waals surface area (Å²) in [6.45, 7) is -0.946. The molecule has 0 saturated carbocycles. The molecular formula is C16H18F4N2O5. The Hall–Kier alpha value is -2.43. The quantitative estimate of drug-likeness (QED) is 0.656. The van der Waals surface area contributed by atoms with Crippen LogP contribution in [0, 0.1) is 0 Å². The monoisotopic (exact) mass is 394 g/mol. The molecular weight excluding hydrogens is 376 g/mol. The van der Waals surface area contributed by atoms with E-state index in [-0.39, 0.29) is 17.9 Å². The number of hydrogen-bond donors (Lipinski definition) is 2. The molecule has 2 N–H and O–H groups in total. The molecule has 0 spiro atoms. The van der Waals surface area contributed by atoms with E-state index in [0.717, 1.165) is 12.3 Å². The van der Waals surface area contributed by atoms with E-state index in [9.17, 15) is 27.2 Å². The third kappa shape index (κ3) is 5.78. The van der Waals surface area contributed by atoms with Crippen molar-refractivity contribution in [3.05, 3.63) is 23.9 Å². The molecule has 1 aromatic heterocycles. The van der Waals surface area contributed by atoms with Crippen LogP contribution in [0.15, 0.2) is 18.3 Å². The predicted molar refractivity (Wildman–Crippen MR) is 83.2 cm³/mol. The Balaban J connectivity index is 2.01. The van der Waals surface area contributed by atoms with Crippen LogP contribution in [0.25, 0.3) is 0 Å². The minimum Gasteiger partial charge on any atom is -0.481 e. The van der Waals surface area contributed by atoms with Gasteiger partial charge in [-0.3, -0.25) is 9.59 Å². The Labute approximate surface area is 151 Å². The molecule has 0 aliphatic carbocycles. The van der Waals surface area contributed by atoms with Crippen molar-refractivity contribution in [3.8, 4) is 5.88 Å². The van der Waals surface area contributed by atoms with Crippen molar-refractivity contribution in [1.82, 2.24) is 10.3 Å². The number of nitrogens with zero attached hydrogens (tertiary/aromatic N) is 1. The average molecular weight is 394 g/mol. The zero-order valence-electron chi connectivity index (χ0n) is 14.1. The Morgan fingerprint density at radius 2 is 2.00 bits per heavy atom. The van der Waals surface area contributed by atoms with Gasteiger partial charge in [0, 0.05) is 25.5 Å². The number of carboxylic acids is 1. The van der Waals surface area contributed by atoms with Crippen LogP contribution in [0.1, 0.15) is 29.6 Å². The van der Waals surface area contributed by atoms with E-state index >= 15 is 0 Å². The highest BCUT2D eigenvalue weighted by Crippen LogP contribution is 2.26. The molecule has 2 rings (SSSR count). The molecule has 1 aromatic rings. The second kappa shape index (κ2) is 8.51. The van der Waals surface area contributed by atoms with E-state index in [1.165, 1.54) is 6.07 Å². The lowest BCUT2D eigenvalue weighted by molar-refractivity contribution is -0.148. The smallest absolute Gasteiger partial charge is 0.340 e. The minimum atomic E-state index is -4.32. The van der Waals surface area contributed by atoms with Crippen molar-refractivity contribution < 1.29 is 41.7 Å². The Bertz CT molecular complexity index is 663. The van der Waals surface area contributed by atoms with Crippen LogP contribution in [-0.4, -0.2) is 59.7 Å². The summed E-state index contributed by atoms with van der Waals surface area (Å²) in [5.41, 5.74) is -0.922. The molecule has 0 aromatic carbocycles. The van der Waals surface area contributed by atoms with Gasteiger partial charge in [0.1, 0.15) is 0 Å². The van der Waals surface area contributed by atoms with E-state index in [0.29, 0.717) is 26.1 Å². The second-order valence-corrected chi connectivity index (χ2v) is 6.15. The topological polar surface area (TPSA) is 97.8 Å². The first kappa shape index (κ1) is 20.9. The molecule has 2 heterocycles. The molecule has 1 aliphatic heterocycles. The van der Waals surface area contributed by atoms with E-state index in [4.69, 9.17) is 9.84 Å². The number of rotatable bonds is 8. The SMILES string of the molecule is O=C(O)CC1(NC(=O)c2ccc(OCC(F)(F)C(F)F)nc2)CCOCC1. The summed E-state index contributed by atoms with van der Waals surface area (Å²) in [5, 5.41) is 11.7. The molecule has 1 amide bonds. The molecule has 150 valence electrons. The standard InChI is InChI=1S/C16H18F4N2O5/c17-14(18)16(19,20)9-27-11-2-1-10(8-21-11)13(25)22-15(7-12(23)24)3-5-26-6-4-15/h1-2,8,14H,3-7,9H2,(H,22,25)(H,23,24). The van der Waals surface area contributed by atoms with Crippen molar-refractivity contribution in [1.29, 1.82) is 0 Å². The van der Waals surface area contributed by atoms with E-state index < -0.39 is 36.4 Å². The summed E-state index contributed by atoms with van der Waals surface area (Å²) < 4.78 is 59.5. The second-order valence-electron chi connectivity index (χ2n) is 6.15. The molecule has 0 radical (unpaired) electrons. The normalized spacial score (nSPS) is 16.8. The van der Waals surface area contributed by atoms with Gasteiger partial charge in [-0.1, -0.05) is 0 Å². The third-order valence-electron chi connectivity index (χ3n) is 4.05. The Morgan fingerprint density at radius 1 is 1.33 bits per heavy atom. The number of alkyl halides is 4. The third-order valence-corrected chi connectivity index (χ3v) is 4.05. The van der Waals surface area contributed by atoms with E-state index in [1.54, 1.807) is 0 Å². The number of carboxylic acid groups (broad SMARTS) is 1. The number of hydrogen-bond acceptors (Lipinski definition) is 5. The zero-order valence-corrected chi connectivity index (χ0v) is 14.1. The Kier molecular flexibility index (Phi) is 6.58. The highest BCUT2D eigenvalue weighted by atomic mass is 19.3. The molecule has 0 unspecified atom stereocenters. The van der Waals surface area contributed by atoms with E-state index in [2.05, 4.69) is 15.0 Å². The summed E-state index contributed by atoms with van der Waals surface area (Å²) in [6, 6.07) is 2.30. The van der Waals surface area contributed by atoms with Crippen LogP contribution in [0.5, 0.6) is 5.88 Å². The van der Waals surface area contributed by atoms with Gasteiger partial charge in [0.05, 0.1) is 17.5 Å². The maximum atomic E-state index is 12.8. The molecule has 0 atom stereocenters. The lowest BCUT2D eigenvalue weighted by Gasteiger charge is -2.36. The fourth-order valence-electron chi connectivity index (χ4n) is 2.54. The minimum absolute atomic E-state index is 0.0409. The van der Waals surface area contributed by atoms with Gasteiger partial charge in [0.25, 0.3) is 5.91 Å². The number of carbonyl (C=O) groups excluding carboxylic acids is 1. The number of nitrogens with one attached hydrogen (secondary N) is 1. The van der Waals surface area contributed by atoms with Gasteiger partial charge in [-0.05, 0) is 18.9 Å². The van der Waals surface area contributed by atoms with Crippen molar-refractivity contribution >= 4 is 11.9 Å². The highest BCUT2D eigenvalue weighted by molar-refractivity contribution is 5.94. The van der Waals surface area contributed by atoms with Crippen molar-refractivity contribution in [2.45, 2.75) is 37.1 Å². The van der Waals surface area contributed by atoms with Gasteiger partial charge in [-0.15, -0.1) is 0 Å². The van der Waals surface area contributed by atoms with Crippen LogP contribution in [-0.2, 0) is 9.53 Å². The van der Waals surface area contributed by atoms with Crippen LogP contribution >= 0.6 is 0 Å². The first-order valence-electron chi connectivity index (χ1n) is 8.00. The lowest BCUT2D eigenvalue weighted by atomic mass is 9.86. The first-order valence-corrected chi connectivity index (χ1v) is 8.00. The van der Waals surface area contributed by atoms with Gasteiger partial charge in [-0.25, -0.2) is 13.8 Å². The number of aromatic nitrogens is 1. The molecule has 1 aliphatic rings. The van der Waals surface area contributed by atoms with Gasteiger partial charge in [-0.2, -0.15) is 8.78 Å². The number of carbonyl (C=O) groups is 2. The van der Waals surface area contributed by atoms with Crippen LogP contribution in [0.3, 0.4) is 0 Å². The molecule has 7 nitrogen and oxygen atoms in total. The largest absolute Gasteiger partial charge is 0.481 e. The fourth-order valence-corrected chi connectivity index (χ4v) is 2.54. The Morgan fingerprint density at radius 3 is 2.52 bits per heavy atom. The average Bonchev–Trinajstić information content (AvgIpc) is 2.60. The number of pyridine rings is 1. The molecule has 0 bridgehead atoms. The first-order chi connectivity index (χ1) is 12.6. The predicted octanol–water partition coefficient (Wildman–Crippen LogP) is 2.11. The number of ether oxygens (including phenoxy) is 2. The number of amides is 1. The molecule has 27 heavy (non-hydrogen) atoms. The van der Waals surface area contributed by atoms with Crippen LogP contribution < -0.4 is 10.1 Å². The summed E-state index contributed by atoms with van der Waals surface area (Å²) >= 11 is 0. The number of halogens is 4.